The van der Waals surface area contributed by atoms with Crippen molar-refractivity contribution in [2.75, 3.05) is 20.8 Å². The van der Waals surface area contributed by atoms with Crippen LogP contribution in [0, 0.1) is 0 Å². The van der Waals surface area contributed by atoms with E-state index in [4.69, 9.17) is 14.2 Å². The van der Waals surface area contributed by atoms with Crippen LogP contribution in [-0.4, -0.2) is 54.0 Å². The number of cyclic esters (lactones) is 1. The number of hydrogen-bond donors (Lipinski definition) is 2. The first-order chi connectivity index (χ1) is 16.8. The van der Waals surface area contributed by atoms with Crippen LogP contribution in [0.15, 0.2) is 30.6 Å². The number of carbonyl (C=O) groups is 2. The van der Waals surface area contributed by atoms with Crippen molar-refractivity contribution in [1.29, 1.82) is 0 Å². The number of rotatable bonds is 6. The molecule has 2 aromatic rings. The highest BCUT2D eigenvalue weighted by atomic mass is 19.4. The molecule has 2 N–H and O–H groups in total. The summed E-state index contributed by atoms with van der Waals surface area (Å²) in [5.41, 5.74) is -3.65. The Labute approximate surface area is 199 Å². The monoisotopic (exact) mass is 523 g/mol. The molecule has 1 aliphatic heterocycles. The Kier molecular flexibility index (Phi) is 7.52. The normalized spacial score (nSPS) is 18.1. The minimum absolute atomic E-state index is 0.0890. The van der Waals surface area contributed by atoms with E-state index in [0.29, 0.717) is 22.6 Å². The molecule has 0 bridgehead atoms. The molecule has 3 rings (SSSR count). The van der Waals surface area contributed by atoms with Crippen LogP contribution in [0.1, 0.15) is 28.4 Å². The number of nitrogens with zero attached hydrogens (tertiary/aromatic N) is 2. The topological polar surface area (TPSA) is 110 Å². The second-order valence-electron chi connectivity index (χ2n) is 7.46. The molecule has 1 aromatic carbocycles. The van der Waals surface area contributed by atoms with Crippen LogP contribution < -0.4 is 14.8 Å². The fourth-order valence-corrected chi connectivity index (χ4v) is 3.59. The van der Waals surface area contributed by atoms with Crippen molar-refractivity contribution in [3.8, 4) is 11.5 Å². The number of methoxy groups -OCH3 is 2. The highest BCUT2D eigenvalue weighted by molar-refractivity contribution is 5.93. The number of alkyl halides is 6. The van der Waals surface area contributed by atoms with Crippen molar-refractivity contribution < 1.29 is 55.2 Å². The maximum Gasteiger partial charge on any atom is 0.419 e. The molecular weight excluding hydrogens is 504 g/mol. The molecule has 0 spiro atoms. The Bertz CT molecular complexity index is 1110. The minimum Gasteiger partial charge on any atom is -0.492 e. The predicted octanol–water partition coefficient (Wildman–Crippen LogP) is 3.90. The Balaban J connectivity index is 1.89. The van der Waals surface area contributed by atoms with Gasteiger partial charge in [-0.1, -0.05) is 0 Å². The number of benzene rings is 1. The summed E-state index contributed by atoms with van der Waals surface area (Å²) in [5.74, 6) is 0.458. The predicted molar refractivity (Wildman–Crippen MR) is 108 cm³/mol. The van der Waals surface area contributed by atoms with Crippen molar-refractivity contribution in [3.63, 3.8) is 0 Å². The first kappa shape index (κ1) is 26.8. The van der Waals surface area contributed by atoms with E-state index < -0.39 is 59.9 Å². The summed E-state index contributed by atoms with van der Waals surface area (Å²) in [6, 6.07) is -2.11. The summed E-state index contributed by atoms with van der Waals surface area (Å²) in [6.07, 6.45) is -10.8. The van der Waals surface area contributed by atoms with Gasteiger partial charge in [-0.3, -0.25) is 4.98 Å². The lowest BCUT2D eigenvalue weighted by atomic mass is 9.97. The molecule has 2 atom stereocenters. The molecule has 196 valence electrons. The maximum absolute atomic E-state index is 13.2. The third-order valence-corrected chi connectivity index (χ3v) is 5.24. The first-order valence-electron chi connectivity index (χ1n) is 10.0. The van der Waals surface area contributed by atoms with E-state index in [0.717, 1.165) is 0 Å². The van der Waals surface area contributed by atoms with Crippen LogP contribution in [0.25, 0.3) is 0 Å². The van der Waals surface area contributed by atoms with Crippen molar-refractivity contribution in [2.45, 2.75) is 31.0 Å². The van der Waals surface area contributed by atoms with Crippen LogP contribution in [0.2, 0.25) is 0 Å². The number of ether oxygens (including phenoxy) is 3. The van der Waals surface area contributed by atoms with Crippen LogP contribution >= 0.6 is 0 Å². The average molecular weight is 523 g/mol. The van der Waals surface area contributed by atoms with Gasteiger partial charge in [0.25, 0.3) is 0 Å². The van der Waals surface area contributed by atoms with E-state index in [-0.39, 0.29) is 24.1 Å². The number of hydrogen-bond acceptors (Lipinski definition) is 7. The molecule has 9 nitrogen and oxygen atoms in total. The third kappa shape index (κ3) is 5.40. The largest absolute Gasteiger partial charge is 0.492 e. The minimum atomic E-state index is -5.14. The number of pyridine rings is 1. The van der Waals surface area contributed by atoms with E-state index in [1.807, 2.05) is 0 Å². The summed E-state index contributed by atoms with van der Waals surface area (Å²) in [4.78, 5) is 29.4. The number of carbonyl (C=O) groups excluding carboxylic acids is 2. The Morgan fingerprint density at radius 1 is 1.08 bits per heavy atom. The van der Waals surface area contributed by atoms with Crippen LogP contribution in [0.5, 0.6) is 11.5 Å². The van der Waals surface area contributed by atoms with Crippen LogP contribution in [0.4, 0.5) is 35.9 Å². The lowest BCUT2D eigenvalue weighted by Crippen LogP contribution is -2.47. The molecule has 3 amide bonds. The molecule has 1 saturated heterocycles. The molecule has 1 aliphatic rings. The second-order valence-corrected chi connectivity index (χ2v) is 7.46. The number of halogens is 6. The van der Waals surface area contributed by atoms with Gasteiger partial charge in [-0.05, 0) is 23.8 Å². The quantitative estimate of drug-likeness (QED) is 0.553. The van der Waals surface area contributed by atoms with Crippen LogP contribution in [0.3, 0.4) is 0 Å². The Morgan fingerprint density at radius 2 is 1.69 bits per heavy atom. The van der Waals surface area contributed by atoms with E-state index >= 15 is 0 Å². The zero-order valence-corrected chi connectivity index (χ0v) is 18.6. The summed E-state index contributed by atoms with van der Waals surface area (Å²) >= 11 is 0. The van der Waals surface area contributed by atoms with Gasteiger partial charge in [0.15, 0.2) is 17.6 Å². The van der Waals surface area contributed by atoms with Gasteiger partial charge < -0.3 is 24.6 Å². The van der Waals surface area contributed by atoms with Crippen molar-refractivity contribution in [1.82, 2.24) is 15.2 Å². The van der Waals surface area contributed by atoms with Crippen LogP contribution in [-0.2, 0) is 23.6 Å². The van der Waals surface area contributed by atoms with Gasteiger partial charge in [-0.15, -0.1) is 0 Å². The number of imide groups is 1. The Morgan fingerprint density at radius 3 is 2.19 bits per heavy atom. The summed E-state index contributed by atoms with van der Waals surface area (Å²) in [6.45, 7) is -1.27. The van der Waals surface area contributed by atoms with E-state index in [1.54, 1.807) is 0 Å². The summed E-state index contributed by atoms with van der Waals surface area (Å²) in [7, 11) is 2.68. The highest BCUT2D eigenvalue weighted by Crippen LogP contribution is 2.40. The van der Waals surface area contributed by atoms with Gasteiger partial charge in [-0.2, -0.15) is 26.3 Å². The lowest BCUT2D eigenvalue weighted by Gasteiger charge is -2.23. The first-order valence-corrected chi connectivity index (χ1v) is 10.0. The van der Waals surface area contributed by atoms with Crippen molar-refractivity contribution in [2.24, 2.45) is 0 Å². The molecule has 0 radical (unpaired) electrons. The molecule has 2 heterocycles. The maximum atomic E-state index is 13.2. The van der Waals surface area contributed by atoms with Gasteiger partial charge in [-0.25, -0.2) is 14.5 Å². The standard InChI is InChI=1S/C21H19F6N3O6/c1-34-15-8-28-6-11(17(15)35-2)7-29-18(32)30-14(9-31)16(36-19(30)33)10-3-12(20(22,23)24)5-13(4-10)21(25,26)27/h3-6,8,14,16,31H,7,9H2,1-2H3,(H,29,32)/t14-,16+/m0/s1. The zero-order valence-electron chi connectivity index (χ0n) is 18.6. The summed E-state index contributed by atoms with van der Waals surface area (Å²) in [5, 5.41) is 12.1. The van der Waals surface area contributed by atoms with Crippen molar-refractivity contribution >= 4 is 12.1 Å². The molecule has 15 heteroatoms. The molecule has 0 unspecified atom stereocenters. The number of aromatic nitrogens is 1. The van der Waals surface area contributed by atoms with E-state index in [1.165, 1.54) is 26.6 Å². The number of nitrogens with one attached hydrogen (secondary N) is 1. The van der Waals surface area contributed by atoms with Gasteiger partial charge >= 0.3 is 24.5 Å². The third-order valence-electron chi connectivity index (χ3n) is 5.24. The molecular formula is C21H19F6N3O6. The SMILES string of the molecule is COc1cncc(CNC(=O)N2C(=O)O[C@H](c3cc(C(F)(F)F)cc(C(F)(F)F)c3)[C@@H]2CO)c1OC. The molecule has 0 saturated carbocycles. The fourth-order valence-electron chi connectivity index (χ4n) is 3.59. The smallest absolute Gasteiger partial charge is 0.419 e. The van der Waals surface area contributed by atoms with E-state index in [9.17, 15) is 41.0 Å². The van der Waals surface area contributed by atoms with Gasteiger partial charge in [0.05, 0.1) is 38.2 Å². The van der Waals surface area contributed by atoms with Gasteiger partial charge in [0.2, 0.25) is 0 Å². The molecule has 1 aromatic heterocycles. The Hall–Kier alpha value is -3.75. The number of urea groups is 1. The highest BCUT2D eigenvalue weighted by Gasteiger charge is 2.47. The lowest BCUT2D eigenvalue weighted by molar-refractivity contribution is -0.143. The summed E-state index contributed by atoms with van der Waals surface area (Å²) < 4.78 is 94.6. The number of aliphatic hydroxyl groups is 1. The molecule has 1 fully saturated rings. The molecule has 0 aliphatic carbocycles. The van der Waals surface area contributed by atoms with Crippen molar-refractivity contribution in [3.05, 3.63) is 52.8 Å². The average Bonchev–Trinajstić information content (AvgIpc) is 3.16. The number of aliphatic hydroxyl groups excluding tert-OH is 1. The fraction of sp³-hybridized carbons (Fsp3) is 0.381. The van der Waals surface area contributed by atoms with Gasteiger partial charge in [0, 0.05) is 18.3 Å². The zero-order chi connectivity index (χ0) is 26.8. The molecule has 36 heavy (non-hydrogen) atoms. The van der Waals surface area contributed by atoms with Gasteiger partial charge in [0.1, 0.15) is 6.04 Å². The second kappa shape index (κ2) is 10.1. The van der Waals surface area contributed by atoms with E-state index in [2.05, 4.69) is 10.3 Å². The number of amides is 3.